The van der Waals surface area contributed by atoms with E-state index in [-0.39, 0.29) is 12.1 Å². The first-order valence-corrected chi connectivity index (χ1v) is 8.66. The van der Waals surface area contributed by atoms with Gasteiger partial charge in [-0.25, -0.2) is 9.59 Å². The van der Waals surface area contributed by atoms with Gasteiger partial charge in [-0.3, -0.25) is 4.79 Å². The molecular formula is C16H27N3O4. The molecule has 0 aromatic heterocycles. The van der Waals surface area contributed by atoms with Crippen LogP contribution < -0.4 is 10.6 Å². The third-order valence-electron chi connectivity index (χ3n) is 4.50. The van der Waals surface area contributed by atoms with Gasteiger partial charge in [0.15, 0.2) is 0 Å². The molecule has 23 heavy (non-hydrogen) atoms. The van der Waals surface area contributed by atoms with Gasteiger partial charge < -0.3 is 15.5 Å². The molecule has 0 unspecified atom stereocenters. The zero-order valence-corrected chi connectivity index (χ0v) is 13.8. The van der Waals surface area contributed by atoms with Crippen molar-refractivity contribution in [1.29, 1.82) is 0 Å². The first kappa shape index (κ1) is 17.6. The molecule has 7 nitrogen and oxygen atoms in total. The quantitative estimate of drug-likeness (QED) is 0.764. The summed E-state index contributed by atoms with van der Waals surface area (Å²) < 4.78 is 0. The minimum Gasteiger partial charge on any atom is -0.332 e. The highest BCUT2D eigenvalue weighted by molar-refractivity contribution is 5.93. The second-order valence-electron chi connectivity index (χ2n) is 6.46. The van der Waals surface area contributed by atoms with E-state index in [9.17, 15) is 14.4 Å². The predicted molar refractivity (Wildman–Crippen MR) is 84.4 cm³/mol. The standard InChI is InChI=1S/C16H27N3O4/c1-12(20)19(15(21)17-13-8-4-2-5-9-13)23-16(22)18-14-10-6-3-7-11-14/h13-14H,2-11H2,1H3,(H,17,21)(H,18,22). The molecule has 0 aromatic carbocycles. The van der Waals surface area contributed by atoms with Gasteiger partial charge in [0, 0.05) is 19.0 Å². The van der Waals surface area contributed by atoms with E-state index >= 15 is 0 Å². The normalized spacial score (nSPS) is 19.7. The lowest BCUT2D eigenvalue weighted by molar-refractivity contribution is -0.151. The van der Waals surface area contributed by atoms with Gasteiger partial charge >= 0.3 is 12.1 Å². The Morgan fingerprint density at radius 2 is 1.30 bits per heavy atom. The van der Waals surface area contributed by atoms with Crippen molar-refractivity contribution in [2.75, 3.05) is 0 Å². The van der Waals surface area contributed by atoms with Crippen LogP contribution in [0.2, 0.25) is 0 Å². The van der Waals surface area contributed by atoms with Crippen LogP contribution in [0.15, 0.2) is 0 Å². The molecule has 2 saturated carbocycles. The molecule has 0 saturated heterocycles. The van der Waals surface area contributed by atoms with Crippen LogP contribution in [0.4, 0.5) is 9.59 Å². The Labute approximate surface area is 137 Å². The second-order valence-corrected chi connectivity index (χ2v) is 6.46. The second kappa shape index (κ2) is 8.74. The van der Waals surface area contributed by atoms with Crippen LogP contribution in [-0.2, 0) is 9.63 Å². The molecule has 0 atom stereocenters. The Morgan fingerprint density at radius 3 is 1.78 bits per heavy atom. The van der Waals surface area contributed by atoms with Crippen molar-refractivity contribution in [2.24, 2.45) is 0 Å². The number of carbonyl (C=O) groups is 3. The van der Waals surface area contributed by atoms with Crippen LogP contribution in [0.5, 0.6) is 0 Å². The average Bonchev–Trinajstić information content (AvgIpc) is 2.54. The minimum atomic E-state index is -0.745. The number of nitrogens with one attached hydrogen (secondary N) is 2. The lowest BCUT2D eigenvalue weighted by atomic mass is 9.96. The van der Waals surface area contributed by atoms with Gasteiger partial charge in [0.2, 0.25) is 0 Å². The number of hydrogen-bond acceptors (Lipinski definition) is 4. The molecule has 2 rings (SSSR count). The summed E-state index contributed by atoms with van der Waals surface area (Å²) in [6, 6.07) is -0.558. The fraction of sp³-hybridized carbons (Fsp3) is 0.812. The molecular weight excluding hydrogens is 298 g/mol. The van der Waals surface area contributed by atoms with Crippen LogP contribution in [0.3, 0.4) is 0 Å². The molecule has 0 aromatic rings. The Balaban J connectivity index is 1.82. The summed E-state index contributed by atoms with van der Waals surface area (Å²) in [6.07, 6.45) is 9.48. The van der Waals surface area contributed by atoms with E-state index in [0.29, 0.717) is 5.06 Å². The summed E-state index contributed by atoms with van der Waals surface area (Å²) in [7, 11) is 0. The lowest BCUT2D eigenvalue weighted by Gasteiger charge is -2.27. The summed E-state index contributed by atoms with van der Waals surface area (Å²) >= 11 is 0. The summed E-state index contributed by atoms with van der Waals surface area (Å²) in [5.74, 6) is -0.614. The molecule has 7 heteroatoms. The maximum Gasteiger partial charge on any atom is 0.432 e. The highest BCUT2D eigenvalue weighted by atomic mass is 16.7. The van der Waals surface area contributed by atoms with E-state index in [1.807, 2.05) is 0 Å². The van der Waals surface area contributed by atoms with Crippen molar-refractivity contribution >= 4 is 18.0 Å². The van der Waals surface area contributed by atoms with Crippen molar-refractivity contribution in [1.82, 2.24) is 15.7 Å². The topological polar surface area (TPSA) is 87.7 Å². The van der Waals surface area contributed by atoms with Crippen molar-refractivity contribution in [3.63, 3.8) is 0 Å². The third-order valence-corrected chi connectivity index (χ3v) is 4.50. The largest absolute Gasteiger partial charge is 0.432 e. The third kappa shape index (κ3) is 5.73. The number of nitrogens with zero attached hydrogens (tertiary/aromatic N) is 1. The number of hydroxylamine groups is 2. The Kier molecular flexibility index (Phi) is 6.67. The van der Waals surface area contributed by atoms with Gasteiger partial charge in [-0.1, -0.05) is 43.6 Å². The molecule has 0 heterocycles. The maximum atomic E-state index is 12.2. The minimum absolute atomic E-state index is 0.0445. The van der Waals surface area contributed by atoms with Gasteiger partial charge in [0.1, 0.15) is 0 Å². The zero-order valence-electron chi connectivity index (χ0n) is 13.8. The fourth-order valence-corrected chi connectivity index (χ4v) is 3.25. The van der Waals surface area contributed by atoms with Gasteiger partial charge in [0.05, 0.1) is 0 Å². The van der Waals surface area contributed by atoms with E-state index in [0.717, 1.165) is 51.4 Å². The average molecular weight is 325 g/mol. The SMILES string of the molecule is CC(=O)N(OC(=O)NC1CCCCC1)C(=O)NC1CCCCC1. The Morgan fingerprint density at radius 1 is 0.826 bits per heavy atom. The summed E-state index contributed by atoms with van der Waals surface area (Å²) in [5, 5.41) is 6.02. The van der Waals surface area contributed by atoms with Crippen molar-refractivity contribution < 1.29 is 19.2 Å². The molecule has 0 aliphatic heterocycles. The maximum absolute atomic E-state index is 12.2. The van der Waals surface area contributed by atoms with Crippen LogP contribution in [0, 0.1) is 0 Å². The van der Waals surface area contributed by atoms with E-state index in [1.54, 1.807) is 0 Å². The molecule has 0 bridgehead atoms. The van der Waals surface area contributed by atoms with Crippen molar-refractivity contribution in [2.45, 2.75) is 83.2 Å². The van der Waals surface area contributed by atoms with E-state index < -0.39 is 18.0 Å². The van der Waals surface area contributed by atoms with Gasteiger partial charge in [-0.2, -0.15) is 0 Å². The number of hydrogen-bond donors (Lipinski definition) is 2. The van der Waals surface area contributed by atoms with E-state index in [1.165, 1.54) is 19.8 Å². The number of amides is 4. The number of imide groups is 1. The van der Waals surface area contributed by atoms with Crippen LogP contribution >= 0.6 is 0 Å². The molecule has 2 aliphatic carbocycles. The van der Waals surface area contributed by atoms with E-state index in [4.69, 9.17) is 4.84 Å². The van der Waals surface area contributed by atoms with Gasteiger partial charge in [-0.05, 0) is 25.7 Å². The smallest absolute Gasteiger partial charge is 0.332 e. The van der Waals surface area contributed by atoms with Crippen LogP contribution in [-0.4, -0.2) is 35.2 Å². The fourth-order valence-electron chi connectivity index (χ4n) is 3.25. The molecule has 0 radical (unpaired) electrons. The molecule has 2 aliphatic rings. The zero-order chi connectivity index (χ0) is 16.7. The first-order chi connectivity index (χ1) is 11.1. The number of rotatable bonds is 2. The predicted octanol–water partition coefficient (Wildman–Crippen LogP) is 2.85. The number of urea groups is 1. The molecule has 4 amide bonds. The Bertz CT molecular complexity index is 429. The highest BCUT2D eigenvalue weighted by Crippen LogP contribution is 2.18. The Hall–Kier alpha value is -1.79. The summed E-state index contributed by atoms with van der Waals surface area (Å²) in [5.41, 5.74) is 0. The lowest BCUT2D eigenvalue weighted by Crippen LogP contribution is -2.50. The first-order valence-electron chi connectivity index (χ1n) is 8.66. The molecule has 0 spiro atoms. The van der Waals surface area contributed by atoms with Crippen LogP contribution in [0.25, 0.3) is 0 Å². The molecule has 130 valence electrons. The van der Waals surface area contributed by atoms with Crippen LogP contribution in [0.1, 0.15) is 71.1 Å². The molecule has 2 fully saturated rings. The highest BCUT2D eigenvalue weighted by Gasteiger charge is 2.27. The monoisotopic (exact) mass is 325 g/mol. The van der Waals surface area contributed by atoms with Crippen molar-refractivity contribution in [3.8, 4) is 0 Å². The summed E-state index contributed by atoms with van der Waals surface area (Å²) in [6.45, 7) is 1.20. The van der Waals surface area contributed by atoms with E-state index in [2.05, 4.69) is 10.6 Å². The molecule has 2 N–H and O–H groups in total. The van der Waals surface area contributed by atoms with Gasteiger partial charge in [0.25, 0.3) is 5.91 Å². The summed E-state index contributed by atoms with van der Waals surface area (Å²) in [4.78, 5) is 40.6. The van der Waals surface area contributed by atoms with Gasteiger partial charge in [-0.15, -0.1) is 0 Å². The number of carbonyl (C=O) groups excluding carboxylic acids is 3. The van der Waals surface area contributed by atoms with Crippen molar-refractivity contribution in [3.05, 3.63) is 0 Å².